The van der Waals surface area contributed by atoms with E-state index in [4.69, 9.17) is 4.74 Å². The number of anilines is 1. The number of likely N-dealkylation sites (tertiary alicyclic amines) is 1. The molecule has 2 amide bonds. The van der Waals surface area contributed by atoms with Crippen LogP contribution < -0.4 is 10.1 Å². The average molecular weight is 461 g/mol. The van der Waals surface area contributed by atoms with Crippen molar-refractivity contribution in [2.75, 3.05) is 25.5 Å². The lowest BCUT2D eigenvalue weighted by atomic mass is 9.83. The maximum atomic E-state index is 13.4. The fourth-order valence-electron chi connectivity index (χ4n) is 4.42. The molecule has 0 unspecified atom stereocenters. The summed E-state index contributed by atoms with van der Waals surface area (Å²) in [6.45, 7) is 2.92. The molecule has 1 aliphatic heterocycles. The fourth-order valence-corrected chi connectivity index (χ4v) is 4.42. The molecule has 1 fully saturated rings. The lowest BCUT2D eigenvalue weighted by molar-refractivity contribution is -0.121. The molecule has 176 valence electrons. The Labute approximate surface area is 199 Å². The largest absolute Gasteiger partial charge is 0.497 e. The molecular formula is C28H29FN2O3. The average Bonchev–Trinajstić information content (AvgIpc) is 2.89. The summed E-state index contributed by atoms with van der Waals surface area (Å²) < 4.78 is 18.6. The zero-order valence-electron chi connectivity index (χ0n) is 19.5. The van der Waals surface area contributed by atoms with Crippen LogP contribution in [0.15, 0.2) is 72.8 Å². The van der Waals surface area contributed by atoms with Gasteiger partial charge in [-0.05, 0) is 72.5 Å². The molecule has 4 rings (SSSR count). The molecule has 1 aliphatic rings. The summed E-state index contributed by atoms with van der Waals surface area (Å²) >= 11 is 0. The topological polar surface area (TPSA) is 58.6 Å². The Morgan fingerprint density at radius 1 is 0.971 bits per heavy atom. The Morgan fingerprint density at radius 2 is 1.65 bits per heavy atom. The van der Waals surface area contributed by atoms with E-state index in [1.807, 2.05) is 0 Å². The van der Waals surface area contributed by atoms with Gasteiger partial charge in [-0.15, -0.1) is 0 Å². The third-order valence-electron chi connectivity index (χ3n) is 6.42. The minimum atomic E-state index is -0.388. The van der Waals surface area contributed by atoms with Crippen molar-refractivity contribution in [1.29, 1.82) is 0 Å². The van der Waals surface area contributed by atoms with Gasteiger partial charge in [0, 0.05) is 30.3 Å². The van der Waals surface area contributed by atoms with E-state index in [0.29, 0.717) is 36.5 Å². The third kappa shape index (κ3) is 5.45. The van der Waals surface area contributed by atoms with Crippen LogP contribution in [0.3, 0.4) is 0 Å². The van der Waals surface area contributed by atoms with E-state index in [0.717, 1.165) is 12.0 Å². The molecular weight excluding hydrogens is 431 g/mol. The second-order valence-electron chi connectivity index (χ2n) is 8.66. The second-order valence-corrected chi connectivity index (χ2v) is 8.66. The van der Waals surface area contributed by atoms with Gasteiger partial charge in [-0.25, -0.2) is 4.39 Å². The van der Waals surface area contributed by atoms with Crippen LogP contribution >= 0.6 is 0 Å². The van der Waals surface area contributed by atoms with Crippen LogP contribution in [0.4, 0.5) is 10.1 Å². The number of carbonyl (C=O) groups excluding carboxylic acids is 2. The van der Waals surface area contributed by atoms with Gasteiger partial charge in [-0.2, -0.15) is 0 Å². The highest BCUT2D eigenvalue weighted by molar-refractivity contribution is 5.96. The number of aryl methyl sites for hydroxylation is 1. The van der Waals surface area contributed by atoms with Crippen molar-refractivity contribution in [3.63, 3.8) is 0 Å². The quantitative estimate of drug-likeness (QED) is 0.544. The van der Waals surface area contributed by atoms with Gasteiger partial charge in [0.25, 0.3) is 5.91 Å². The Kier molecular flexibility index (Phi) is 7.26. The minimum absolute atomic E-state index is 0.0238. The highest BCUT2D eigenvalue weighted by Gasteiger charge is 2.35. The SMILES string of the molecule is CCc1ccc([C@@H]2C[C@H](C(=O)Nc3ccc(OC)cc3)CN(C(=O)c3ccc(F)cc3)C2)cc1. The summed E-state index contributed by atoms with van der Waals surface area (Å²) in [5, 5.41) is 2.98. The highest BCUT2D eigenvalue weighted by atomic mass is 19.1. The van der Waals surface area contributed by atoms with Gasteiger partial charge in [-0.1, -0.05) is 31.2 Å². The fraction of sp³-hybridized carbons (Fsp3) is 0.286. The molecule has 2 atom stereocenters. The number of nitrogens with one attached hydrogen (secondary N) is 1. The normalized spacial score (nSPS) is 17.8. The number of amides is 2. The van der Waals surface area contributed by atoms with Gasteiger partial charge in [0.2, 0.25) is 5.91 Å². The van der Waals surface area contributed by atoms with Crippen molar-refractivity contribution >= 4 is 17.5 Å². The van der Waals surface area contributed by atoms with Crippen molar-refractivity contribution in [3.05, 3.63) is 95.3 Å². The molecule has 34 heavy (non-hydrogen) atoms. The number of halogens is 1. The van der Waals surface area contributed by atoms with Crippen LogP contribution in [-0.2, 0) is 11.2 Å². The lowest BCUT2D eigenvalue weighted by Crippen LogP contribution is -2.46. The molecule has 1 saturated heterocycles. The van der Waals surface area contributed by atoms with Crippen LogP contribution in [0.5, 0.6) is 5.75 Å². The summed E-state index contributed by atoms with van der Waals surface area (Å²) in [7, 11) is 1.59. The number of piperidine rings is 1. The maximum Gasteiger partial charge on any atom is 0.253 e. The van der Waals surface area contributed by atoms with Crippen molar-refractivity contribution < 1.29 is 18.7 Å². The summed E-state index contributed by atoms with van der Waals surface area (Å²) in [5.74, 6) is -0.357. The molecule has 5 nitrogen and oxygen atoms in total. The van der Waals surface area contributed by atoms with Gasteiger partial charge in [0.1, 0.15) is 11.6 Å². The molecule has 1 heterocycles. The first kappa shape index (κ1) is 23.5. The number of hydrogen-bond donors (Lipinski definition) is 1. The molecule has 6 heteroatoms. The number of ether oxygens (including phenoxy) is 1. The molecule has 0 bridgehead atoms. The minimum Gasteiger partial charge on any atom is -0.497 e. The van der Waals surface area contributed by atoms with Crippen molar-refractivity contribution in [2.45, 2.75) is 25.7 Å². The summed E-state index contributed by atoms with van der Waals surface area (Å²) in [6.07, 6.45) is 1.59. The van der Waals surface area contributed by atoms with E-state index >= 15 is 0 Å². The van der Waals surface area contributed by atoms with Crippen LogP contribution in [-0.4, -0.2) is 36.9 Å². The van der Waals surface area contributed by atoms with Crippen LogP contribution in [0.25, 0.3) is 0 Å². The van der Waals surface area contributed by atoms with Gasteiger partial charge >= 0.3 is 0 Å². The molecule has 0 saturated carbocycles. The highest BCUT2D eigenvalue weighted by Crippen LogP contribution is 2.32. The molecule has 0 aliphatic carbocycles. The zero-order valence-corrected chi connectivity index (χ0v) is 19.5. The molecule has 3 aromatic carbocycles. The van der Waals surface area contributed by atoms with Gasteiger partial charge in [0.05, 0.1) is 13.0 Å². The number of benzene rings is 3. The third-order valence-corrected chi connectivity index (χ3v) is 6.42. The Bertz CT molecular complexity index is 1130. The Hall–Kier alpha value is -3.67. The van der Waals surface area contributed by atoms with E-state index in [9.17, 15) is 14.0 Å². The molecule has 0 radical (unpaired) electrons. The number of hydrogen-bond acceptors (Lipinski definition) is 3. The van der Waals surface area contributed by atoms with Crippen LogP contribution in [0, 0.1) is 11.7 Å². The standard InChI is InChI=1S/C28H29FN2O3/c1-3-19-4-6-20(7-5-19)22-16-23(27(32)30-25-12-14-26(34-2)15-13-25)18-31(17-22)28(33)21-8-10-24(29)11-9-21/h4-15,22-23H,3,16-18H2,1-2H3,(H,30,32)/t22-,23+/m1/s1. The van der Waals surface area contributed by atoms with Gasteiger partial charge in [0.15, 0.2) is 0 Å². The van der Waals surface area contributed by atoms with Crippen LogP contribution in [0.1, 0.15) is 40.7 Å². The smallest absolute Gasteiger partial charge is 0.253 e. The zero-order chi connectivity index (χ0) is 24.1. The number of nitrogens with zero attached hydrogens (tertiary/aromatic N) is 1. The Morgan fingerprint density at radius 3 is 2.26 bits per heavy atom. The van der Waals surface area contributed by atoms with E-state index in [-0.39, 0.29) is 29.5 Å². The maximum absolute atomic E-state index is 13.4. The first-order valence-corrected chi connectivity index (χ1v) is 11.6. The van der Waals surface area contributed by atoms with Gasteiger partial charge in [-0.3, -0.25) is 9.59 Å². The lowest BCUT2D eigenvalue weighted by Gasteiger charge is -2.37. The predicted octanol–water partition coefficient (Wildman–Crippen LogP) is 5.28. The molecule has 0 spiro atoms. The van der Waals surface area contributed by atoms with E-state index in [1.54, 1.807) is 36.3 Å². The first-order chi connectivity index (χ1) is 16.5. The van der Waals surface area contributed by atoms with E-state index in [2.05, 4.69) is 36.5 Å². The summed E-state index contributed by atoms with van der Waals surface area (Å²) in [4.78, 5) is 28.2. The first-order valence-electron chi connectivity index (χ1n) is 11.6. The molecule has 0 aromatic heterocycles. The van der Waals surface area contributed by atoms with Crippen molar-refractivity contribution in [2.24, 2.45) is 5.92 Å². The number of carbonyl (C=O) groups is 2. The monoisotopic (exact) mass is 460 g/mol. The molecule has 1 N–H and O–H groups in total. The van der Waals surface area contributed by atoms with E-state index < -0.39 is 0 Å². The van der Waals surface area contributed by atoms with Gasteiger partial charge < -0.3 is 15.0 Å². The van der Waals surface area contributed by atoms with Crippen molar-refractivity contribution in [3.8, 4) is 5.75 Å². The molecule has 3 aromatic rings. The van der Waals surface area contributed by atoms with Crippen molar-refractivity contribution in [1.82, 2.24) is 4.90 Å². The Balaban J connectivity index is 1.56. The van der Waals surface area contributed by atoms with Crippen LogP contribution in [0.2, 0.25) is 0 Å². The van der Waals surface area contributed by atoms with E-state index in [1.165, 1.54) is 29.8 Å². The summed E-state index contributed by atoms with van der Waals surface area (Å²) in [6, 6.07) is 21.1. The number of rotatable bonds is 6. The predicted molar refractivity (Wildman–Crippen MR) is 131 cm³/mol. The second kappa shape index (κ2) is 10.5. The number of methoxy groups -OCH3 is 1. The summed E-state index contributed by atoms with van der Waals surface area (Å²) in [5.41, 5.74) is 3.44.